The standard InChI is InChI=1S/C13H22N2/c1-11(2)7-13-5-4-6-15(13)10-12(8-13)9-14-3/h11-12H,4-10H2,1-2H3/t12-,13-/m1/s1/i7D2. The molecule has 0 aliphatic carbocycles. The highest BCUT2D eigenvalue weighted by Gasteiger charge is 2.48. The van der Waals surface area contributed by atoms with Crippen molar-refractivity contribution in [3.8, 4) is 0 Å². The zero-order chi connectivity index (χ0) is 12.7. The maximum atomic E-state index is 8.47. The van der Waals surface area contributed by atoms with Crippen LogP contribution in [0.25, 0.3) is 4.85 Å². The molecule has 2 aliphatic rings. The molecule has 0 aromatic rings. The van der Waals surface area contributed by atoms with Crippen molar-refractivity contribution in [2.24, 2.45) is 11.8 Å². The molecular weight excluding hydrogens is 184 g/mol. The van der Waals surface area contributed by atoms with Gasteiger partial charge in [0.2, 0.25) is 6.54 Å². The summed E-state index contributed by atoms with van der Waals surface area (Å²) in [7, 11) is 0. The molecule has 2 rings (SSSR count). The van der Waals surface area contributed by atoms with Crippen LogP contribution >= 0.6 is 0 Å². The van der Waals surface area contributed by atoms with Crippen molar-refractivity contribution in [1.82, 2.24) is 4.90 Å². The van der Waals surface area contributed by atoms with Crippen LogP contribution in [0.2, 0.25) is 0 Å². The van der Waals surface area contributed by atoms with Gasteiger partial charge in [0.1, 0.15) is 0 Å². The topological polar surface area (TPSA) is 7.60 Å². The smallest absolute Gasteiger partial charge is 0.218 e. The second kappa shape index (κ2) is 4.14. The Bertz CT molecular complexity index is 335. The van der Waals surface area contributed by atoms with Crippen LogP contribution in [0.15, 0.2) is 0 Å². The molecule has 0 aromatic heterocycles. The first-order valence-electron chi connectivity index (χ1n) is 7.02. The third kappa shape index (κ3) is 2.03. The normalized spacial score (nSPS) is 38.7. The zero-order valence-electron chi connectivity index (χ0n) is 11.8. The van der Waals surface area contributed by atoms with Crippen molar-refractivity contribution >= 4 is 0 Å². The molecule has 2 atom stereocenters. The van der Waals surface area contributed by atoms with Gasteiger partial charge in [0, 0.05) is 20.7 Å². The Labute approximate surface area is 96.3 Å². The molecule has 0 radical (unpaired) electrons. The quantitative estimate of drug-likeness (QED) is 0.647. The molecule has 2 heterocycles. The first-order valence-corrected chi connectivity index (χ1v) is 6.02. The first kappa shape index (κ1) is 8.58. The average molecular weight is 208 g/mol. The Hall–Kier alpha value is -0.550. The van der Waals surface area contributed by atoms with E-state index in [2.05, 4.69) is 9.74 Å². The average Bonchev–Trinajstić information content (AvgIpc) is 2.75. The van der Waals surface area contributed by atoms with Crippen LogP contribution < -0.4 is 0 Å². The SMILES string of the molecule is [2H]C([2H])(C(C)C)[C@@]12CCCN1C[C@@H](C[N+]#[C-])C2. The molecule has 0 N–H and O–H groups in total. The second-order valence-corrected chi connectivity index (χ2v) is 5.29. The molecule has 2 nitrogen and oxygen atoms in total. The molecule has 2 heteroatoms. The van der Waals surface area contributed by atoms with Gasteiger partial charge in [0.15, 0.2) is 0 Å². The highest BCUT2D eigenvalue weighted by molar-refractivity contribution is 5.04. The number of hydrogen-bond donors (Lipinski definition) is 0. The van der Waals surface area contributed by atoms with E-state index < -0.39 is 6.37 Å². The summed E-state index contributed by atoms with van der Waals surface area (Å²) in [4.78, 5) is 5.84. The van der Waals surface area contributed by atoms with Gasteiger partial charge in [-0.05, 0) is 38.1 Å². The summed E-state index contributed by atoms with van der Waals surface area (Å²) in [5.41, 5.74) is -0.281. The molecular formula is C13H22N2. The lowest BCUT2D eigenvalue weighted by molar-refractivity contribution is 0.163. The maximum absolute atomic E-state index is 8.47. The van der Waals surface area contributed by atoms with Crippen LogP contribution in [-0.4, -0.2) is 30.1 Å². The molecule has 2 fully saturated rings. The van der Waals surface area contributed by atoms with Crippen molar-refractivity contribution < 1.29 is 2.74 Å². The molecule has 15 heavy (non-hydrogen) atoms. The lowest BCUT2D eigenvalue weighted by Crippen LogP contribution is -2.39. The van der Waals surface area contributed by atoms with Crippen LogP contribution in [0.3, 0.4) is 0 Å². The third-order valence-corrected chi connectivity index (χ3v) is 3.64. The Balaban J connectivity index is 2.25. The van der Waals surface area contributed by atoms with E-state index in [9.17, 15) is 0 Å². The molecule has 0 saturated carbocycles. The predicted molar refractivity (Wildman–Crippen MR) is 62.6 cm³/mol. The minimum absolute atomic E-state index is 0.0368. The van der Waals surface area contributed by atoms with Crippen molar-refractivity contribution in [2.75, 3.05) is 19.6 Å². The molecule has 2 saturated heterocycles. The summed E-state index contributed by atoms with van der Waals surface area (Å²) >= 11 is 0. The summed E-state index contributed by atoms with van der Waals surface area (Å²) in [6, 6.07) is 0. The molecule has 0 bridgehead atoms. The fraction of sp³-hybridized carbons (Fsp3) is 0.923. The van der Waals surface area contributed by atoms with Gasteiger partial charge in [0.05, 0.1) is 0 Å². The van der Waals surface area contributed by atoms with E-state index in [1.54, 1.807) is 0 Å². The van der Waals surface area contributed by atoms with E-state index in [1.165, 1.54) is 0 Å². The highest BCUT2D eigenvalue weighted by Crippen LogP contribution is 2.45. The number of rotatable bonds is 3. The summed E-state index contributed by atoms with van der Waals surface area (Å²) in [6.45, 7) is 13.5. The number of fused-ring (bicyclic) bond motifs is 1. The largest absolute Gasteiger partial charge is 0.317 e. The molecule has 0 spiro atoms. The molecule has 0 amide bonds. The minimum Gasteiger partial charge on any atom is -0.317 e. The monoisotopic (exact) mass is 208 g/mol. The lowest BCUT2D eigenvalue weighted by Gasteiger charge is -2.33. The maximum Gasteiger partial charge on any atom is 0.218 e. The second-order valence-electron chi connectivity index (χ2n) is 5.29. The van der Waals surface area contributed by atoms with Crippen molar-refractivity contribution in [3.63, 3.8) is 0 Å². The Morgan fingerprint density at radius 3 is 3.13 bits per heavy atom. The van der Waals surface area contributed by atoms with E-state index in [0.29, 0.717) is 12.5 Å². The van der Waals surface area contributed by atoms with E-state index >= 15 is 0 Å². The number of nitrogens with zero attached hydrogens (tertiary/aromatic N) is 2. The van der Waals surface area contributed by atoms with Gasteiger partial charge < -0.3 is 4.85 Å². The van der Waals surface area contributed by atoms with Crippen LogP contribution in [0.5, 0.6) is 0 Å². The van der Waals surface area contributed by atoms with E-state index in [0.717, 1.165) is 32.4 Å². The highest BCUT2D eigenvalue weighted by atomic mass is 15.2. The van der Waals surface area contributed by atoms with E-state index in [-0.39, 0.29) is 11.5 Å². The van der Waals surface area contributed by atoms with Gasteiger partial charge in [-0.15, -0.1) is 0 Å². The Kier molecular flexibility index (Phi) is 2.37. The summed E-state index contributed by atoms with van der Waals surface area (Å²) in [5, 5.41) is 0. The Morgan fingerprint density at radius 1 is 1.67 bits per heavy atom. The van der Waals surface area contributed by atoms with Gasteiger partial charge in [-0.1, -0.05) is 13.8 Å². The molecule has 0 unspecified atom stereocenters. The van der Waals surface area contributed by atoms with Crippen LogP contribution in [0.1, 0.15) is 42.2 Å². The fourth-order valence-corrected chi connectivity index (χ4v) is 3.30. The molecule has 2 aliphatic heterocycles. The van der Waals surface area contributed by atoms with Gasteiger partial charge in [-0.3, -0.25) is 4.90 Å². The van der Waals surface area contributed by atoms with E-state index in [1.807, 2.05) is 13.8 Å². The van der Waals surface area contributed by atoms with Crippen molar-refractivity contribution in [2.45, 2.75) is 45.0 Å². The predicted octanol–water partition coefficient (Wildman–Crippen LogP) is 2.81. The zero-order valence-corrected chi connectivity index (χ0v) is 9.79. The summed E-state index contributed by atoms with van der Waals surface area (Å²) in [5.74, 6) is 0.413. The van der Waals surface area contributed by atoms with Gasteiger partial charge in [-0.2, -0.15) is 0 Å². The van der Waals surface area contributed by atoms with Gasteiger partial charge >= 0.3 is 0 Å². The third-order valence-electron chi connectivity index (χ3n) is 3.64. The Morgan fingerprint density at radius 2 is 2.47 bits per heavy atom. The van der Waals surface area contributed by atoms with E-state index in [4.69, 9.17) is 9.31 Å². The van der Waals surface area contributed by atoms with Crippen LogP contribution in [0, 0.1) is 18.4 Å². The first-order chi connectivity index (χ1) is 7.94. The molecule has 84 valence electrons. The summed E-state index contributed by atoms with van der Waals surface area (Å²) in [6.07, 6.45) is 1.81. The minimum atomic E-state index is -1.14. The van der Waals surface area contributed by atoms with Gasteiger partial charge in [0.25, 0.3) is 0 Å². The lowest BCUT2D eigenvalue weighted by atomic mass is 9.83. The van der Waals surface area contributed by atoms with Crippen molar-refractivity contribution in [3.05, 3.63) is 11.4 Å². The van der Waals surface area contributed by atoms with Crippen LogP contribution in [0.4, 0.5) is 0 Å². The van der Waals surface area contributed by atoms with Gasteiger partial charge in [-0.25, -0.2) is 6.57 Å². The summed E-state index contributed by atoms with van der Waals surface area (Å²) < 4.78 is 16.9. The van der Waals surface area contributed by atoms with Crippen molar-refractivity contribution in [1.29, 1.82) is 0 Å². The number of hydrogen-bond acceptors (Lipinski definition) is 1. The fourth-order valence-electron chi connectivity index (χ4n) is 3.30. The van der Waals surface area contributed by atoms with Crippen LogP contribution in [-0.2, 0) is 0 Å². The molecule has 0 aromatic carbocycles.